The van der Waals surface area contributed by atoms with Crippen LogP contribution in [0.3, 0.4) is 0 Å². The fourth-order valence-electron chi connectivity index (χ4n) is 4.15. The Bertz CT molecular complexity index is 503. The molecule has 0 amide bonds. The Morgan fingerprint density at radius 2 is 2.00 bits per heavy atom. The van der Waals surface area contributed by atoms with E-state index in [0.29, 0.717) is 0 Å². The van der Waals surface area contributed by atoms with Crippen molar-refractivity contribution >= 4 is 17.6 Å². The molecule has 2 aliphatic carbocycles. The minimum Gasteiger partial charge on any atom is -0.481 e. The molecule has 1 saturated carbocycles. The number of carboxylic acid groups (broad SMARTS) is 1. The first kappa shape index (κ1) is 13.0. The highest BCUT2D eigenvalue weighted by Crippen LogP contribution is 2.51. The first-order valence-corrected chi connectivity index (χ1v) is 7.53. The minimum atomic E-state index is -0.632. The monoisotopic (exact) mass is 278 g/mol. The molecule has 0 bridgehead atoms. The van der Waals surface area contributed by atoms with Crippen LogP contribution in [0.2, 0.25) is 5.02 Å². The van der Waals surface area contributed by atoms with Gasteiger partial charge in [-0.05, 0) is 48.9 Å². The normalized spacial score (nSPS) is 25.0. The standard InChI is InChI=1S/C16H19ClO2/c17-12-6-4-11-5-7-13(15(18)19)16(14(11)10-12)8-2-1-3-9-16/h4,6,10,13H,1-3,5,7-9H2,(H,18,19). The zero-order chi connectivity index (χ0) is 13.5. The number of aryl methyl sites for hydroxylation is 1. The number of hydrogen-bond acceptors (Lipinski definition) is 1. The zero-order valence-corrected chi connectivity index (χ0v) is 11.7. The second-order valence-corrected chi connectivity index (χ2v) is 6.38. The molecule has 1 aromatic carbocycles. The molecule has 1 unspecified atom stereocenters. The van der Waals surface area contributed by atoms with Crippen LogP contribution in [-0.2, 0) is 16.6 Å². The van der Waals surface area contributed by atoms with Gasteiger partial charge in [0.05, 0.1) is 5.92 Å². The van der Waals surface area contributed by atoms with Crippen molar-refractivity contribution in [2.75, 3.05) is 0 Å². The highest BCUT2D eigenvalue weighted by Gasteiger charge is 2.48. The van der Waals surface area contributed by atoms with Crippen LogP contribution in [-0.4, -0.2) is 11.1 Å². The van der Waals surface area contributed by atoms with Gasteiger partial charge in [0.25, 0.3) is 0 Å². The summed E-state index contributed by atoms with van der Waals surface area (Å²) in [6, 6.07) is 6.04. The number of carboxylic acids is 1. The van der Waals surface area contributed by atoms with Gasteiger partial charge in [0.1, 0.15) is 0 Å². The van der Waals surface area contributed by atoms with E-state index >= 15 is 0 Å². The average Bonchev–Trinajstić information content (AvgIpc) is 2.40. The van der Waals surface area contributed by atoms with Gasteiger partial charge >= 0.3 is 5.97 Å². The molecule has 1 N–H and O–H groups in total. The van der Waals surface area contributed by atoms with Gasteiger partial charge in [-0.3, -0.25) is 4.79 Å². The molecule has 1 aromatic rings. The summed E-state index contributed by atoms with van der Waals surface area (Å²) < 4.78 is 0. The van der Waals surface area contributed by atoms with Crippen molar-refractivity contribution in [2.24, 2.45) is 5.92 Å². The maximum Gasteiger partial charge on any atom is 0.307 e. The van der Waals surface area contributed by atoms with Crippen molar-refractivity contribution in [3.8, 4) is 0 Å². The molecule has 0 saturated heterocycles. The third kappa shape index (κ3) is 2.06. The number of aliphatic carboxylic acids is 1. The van der Waals surface area contributed by atoms with E-state index in [-0.39, 0.29) is 11.3 Å². The Labute approximate surface area is 118 Å². The molecule has 0 aliphatic heterocycles. The van der Waals surface area contributed by atoms with E-state index in [2.05, 4.69) is 6.07 Å². The maximum absolute atomic E-state index is 11.7. The lowest BCUT2D eigenvalue weighted by Crippen LogP contribution is -2.45. The Morgan fingerprint density at radius 1 is 1.26 bits per heavy atom. The van der Waals surface area contributed by atoms with Crippen LogP contribution in [0.4, 0.5) is 0 Å². The van der Waals surface area contributed by atoms with Crippen LogP contribution in [0.15, 0.2) is 18.2 Å². The van der Waals surface area contributed by atoms with Crippen molar-refractivity contribution in [3.63, 3.8) is 0 Å². The van der Waals surface area contributed by atoms with E-state index in [9.17, 15) is 9.90 Å². The second-order valence-electron chi connectivity index (χ2n) is 5.95. The first-order valence-electron chi connectivity index (χ1n) is 7.15. The van der Waals surface area contributed by atoms with E-state index < -0.39 is 5.97 Å². The molecule has 3 rings (SSSR count). The third-order valence-corrected chi connectivity index (χ3v) is 5.26. The molecule has 1 fully saturated rings. The van der Waals surface area contributed by atoms with Crippen LogP contribution in [0.25, 0.3) is 0 Å². The number of carbonyl (C=O) groups is 1. The molecule has 0 radical (unpaired) electrons. The van der Waals surface area contributed by atoms with Gasteiger partial charge in [-0.2, -0.15) is 0 Å². The number of fused-ring (bicyclic) bond motifs is 2. The van der Waals surface area contributed by atoms with E-state index in [1.807, 2.05) is 12.1 Å². The second kappa shape index (κ2) is 4.82. The van der Waals surface area contributed by atoms with E-state index in [1.54, 1.807) is 0 Å². The van der Waals surface area contributed by atoms with E-state index in [1.165, 1.54) is 17.5 Å². The van der Waals surface area contributed by atoms with Gasteiger partial charge in [0.15, 0.2) is 0 Å². The largest absolute Gasteiger partial charge is 0.481 e. The van der Waals surface area contributed by atoms with Gasteiger partial charge in [-0.1, -0.05) is 36.9 Å². The molecule has 102 valence electrons. The van der Waals surface area contributed by atoms with E-state index in [4.69, 9.17) is 11.6 Å². The molecule has 19 heavy (non-hydrogen) atoms. The number of rotatable bonds is 1. The molecule has 0 heterocycles. The summed E-state index contributed by atoms with van der Waals surface area (Å²) in [5, 5.41) is 10.3. The molecule has 2 nitrogen and oxygen atoms in total. The number of benzene rings is 1. The lowest BCUT2D eigenvalue weighted by molar-refractivity contribution is -0.145. The van der Waals surface area contributed by atoms with Gasteiger partial charge < -0.3 is 5.11 Å². The van der Waals surface area contributed by atoms with Gasteiger partial charge in [-0.15, -0.1) is 0 Å². The van der Waals surface area contributed by atoms with Crippen LogP contribution in [0, 0.1) is 5.92 Å². The molecule has 3 heteroatoms. The Hall–Kier alpha value is -1.02. The summed E-state index contributed by atoms with van der Waals surface area (Å²) in [5.41, 5.74) is 2.37. The molecule has 0 aromatic heterocycles. The Morgan fingerprint density at radius 3 is 2.68 bits per heavy atom. The lowest BCUT2D eigenvalue weighted by atomic mass is 9.57. The maximum atomic E-state index is 11.7. The van der Waals surface area contributed by atoms with Crippen LogP contribution in [0.1, 0.15) is 49.7 Å². The molecule has 1 spiro atoms. The number of hydrogen-bond donors (Lipinski definition) is 1. The average molecular weight is 279 g/mol. The zero-order valence-electron chi connectivity index (χ0n) is 11.0. The predicted molar refractivity (Wildman–Crippen MR) is 75.7 cm³/mol. The van der Waals surface area contributed by atoms with Crippen molar-refractivity contribution in [1.82, 2.24) is 0 Å². The van der Waals surface area contributed by atoms with Crippen molar-refractivity contribution < 1.29 is 9.90 Å². The van der Waals surface area contributed by atoms with Gasteiger partial charge in [-0.25, -0.2) is 0 Å². The summed E-state index contributed by atoms with van der Waals surface area (Å²) >= 11 is 6.16. The minimum absolute atomic E-state index is 0.164. The Kier molecular flexibility index (Phi) is 3.30. The van der Waals surface area contributed by atoms with Crippen LogP contribution in [0.5, 0.6) is 0 Å². The van der Waals surface area contributed by atoms with Crippen molar-refractivity contribution in [1.29, 1.82) is 0 Å². The fraction of sp³-hybridized carbons (Fsp3) is 0.562. The molecular formula is C16H19ClO2. The molecule has 2 aliphatic rings. The van der Waals surface area contributed by atoms with Gasteiger partial charge in [0.2, 0.25) is 0 Å². The summed E-state index contributed by atoms with van der Waals surface area (Å²) in [4.78, 5) is 11.7. The lowest BCUT2D eigenvalue weighted by Gasteiger charge is -2.46. The van der Waals surface area contributed by atoms with Crippen molar-refractivity contribution in [3.05, 3.63) is 34.3 Å². The van der Waals surface area contributed by atoms with Crippen molar-refractivity contribution in [2.45, 2.75) is 50.4 Å². The Balaban J connectivity index is 2.13. The third-order valence-electron chi connectivity index (χ3n) is 5.02. The summed E-state index contributed by atoms with van der Waals surface area (Å²) in [6.07, 6.45) is 7.12. The van der Waals surface area contributed by atoms with Crippen LogP contribution >= 0.6 is 11.6 Å². The smallest absolute Gasteiger partial charge is 0.307 e. The summed E-state index contributed by atoms with van der Waals surface area (Å²) in [6.45, 7) is 0. The predicted octanol–water partition coefficient (Wildman–Crippen LogP) is 4.19. The molecular weight excluding hydrogens is 260 g/mol. The van der Waals surface area contributed by atoms with Gasteiger partial charge in [0, 0.05) is 10.4 Å². The van der Waals surface area contributed by atoms with E-state index in [0.717, 1.165) is 43.5 Å². The van der Waals surface area contributed by atoms with Crippen LogP contribution < -0.4 is 0 Å². The topological polar surface area (TPSA) is 37.3 Å². The highest BCUT2D eigenvalue weighted by molar-refractivity contribution is 6.30. The fourth-order valence-corrected chi connectivity index (χ4v) is 4.33. The molecule has 1 atom stereocenters. The summed E-state index contributed by atoms with van der Waals surface area (Å²) in [7, 11) is 0. The first-order chi connectivity index (χ1) is 9.13. The number of halogens is 1. The SMILES string of the molecule is O=C(O)C1CCc2ccc(Cl)cc2C12CCCCC2. The summed E-state index contributed by atoms with van der Waals surface area (Å²) in [5.74, 6) is -0.869. The highest BCUT2D eigenvalue weighted by atomic mass is 35.5. The quantitative estimate of drug-likeness (QED) is 0.836.